The molecule has 1 atom stereocenters. The van der Waals surface area contributed by atoms with Gasteiger partial charge in [-0.3, -0.25) is 4.79 Å². The smallest absolute Gasteiger partial charge is 0.233 e. The maximum absolute atomic E-state index is 11.7. The quantitative estimate of drug-likeness (QED) is 0.800. The molecule has 5 heteroatoms. The van der Waals surface area contributed by atoms with E-state index in [2.05, 4.69) is 19.2 Å². The molecule has 0 bridgehead atoms. The monoisotopic (exact) mass is 266 g/mol. The van der Waals surface area contributed by atoms with Crippen molar-refractivity contribution in [1.29, 1.82) is 0 Å². The third-order valence-corrected chi connectivity index (χ3v) is 4.62. The second kappa shape index (κ2) is 7.41. The summed E-state index contributed by atoms with van der Waals surface area (Å²) in [7, 11) is 0. The van der Waals surface area contributed by atoms with Crippen LogP contribution in [-0.2, 0) is 4.79 Å². The zero-order valence-corrected chi connectivity index (χ0v) is 11.8. The van der Waals surface area contributed by atoms with Crippen LogP contribution in [0.5, 0.6) is 0 Å². The molecule has 1 fully saturated rings. The zero-order valence-electron chi connectivity index (χ0n) is 10.1. The number of hydrogen-bond acceptors (Lipinski definition) is 3. The molecule has 1 heterocycles. The lowest BCUT2D eigenvalue weighted by Crippen LogP contribution is -2.50. The molecule has 3 N–H and O–H groups in total. The molecule has 96 valence electrons. The van der Waals surface area contributed by atoms with Crippen molar-refractivity contribution >= 4 is 30.1 Å². The summed E-state index contributed by atoms with van der Waals surface area (Å²) in [4.78, 5) is 11.7. The molecule has 3 nitrogen and oxygen atoms in total. The van der Waals surface area contributed by atoms with Crippen molar-refractivity contribution in [2.75, 3.05) is 12.3 Å². The minimum atomic E-state index is -0.223. The topological polar surface area (TPSA) is 55.1 Å². The van der Waals surface area contributed by atoms with E-state index in [9.17, 15) is 4.79 Å². The first kappa shape index (κ1) is 16.1. The number of hydrogen-bond donors (Lipinski definition) is 2. The number of thioether (sulfide) groups is 1. The van der Waals surface area contributed by atoms with Gasteiger partial charge in [0.2, 0.25) is 5.91 Å². The van der Waals surface area contributed by atoms with Crippen molar-refractivity contribution in [2.45, 2.75) is 50.3 Å². The predicted octanol–water partition coefficient (Wildman–Crippen LogP) is 1.94. The van der Waals surface area contributed by atoms with Crippen LogP contribution in [0.3, 0.4) is 0 Å². The zero-order chi connectivity index (χ0) is 11.3. The second-order valence-corrected chi connectivity index (χ2v) is 5.60. The molecule has 1 aliphatic rings. The molecule has 0 radical (unpaired) electrons. The van der Waals surface area contributed by atoms with Gasteiger partial charge in [-0.1, -0.05) is 13.8 Å². The van der Waals surface area contributed by atoms with Gasteiger partial charge in [0, 0.05) is 12.1 Å². The van der Waals surface area contributed by atoms with E-state index < -0.39 is 0 Å². The summed E-state index contributed by atoms with van der Waals surface area (Å²) in [6.45, 7) is 4.75. The van der Waals surface area contributed by atoms with Gasteiger partial charge >= 0.3 is 0 Å². The lowest BCUT2D eigenvalue weighted by Gasteiger charge is -2.27. The van der Waals surface area contributed by atoms with Crippen LogP contribution in [0.2, 0.25) is 0 Å². The Bertz CT molecular complexity index is 216. The van der Waals surface area contributed by atoms with Crippen LogP contribution >= 0.6 is 24.2 Å². The molecular formula is C11H23ClN2OS. The highest BCUT2D eigenvalue weighted by atomic mass is 35.5. The molecular weight excluding hydrogens is 244 g/mol. The van der Waals surface area contributed by atoms with Gasteiger partial charge in [-0.25, -0.2) is 0 Å². The summed E-state index contributed by atoms with van der Waals surface area (Å²) < 4.78 is 0. The largest absolute Gasteiger partial charge is 0.353 e. The Balaban J connectivity index is 0.00000225. The predicted molar refractivity (Wildman–Crippen MR) is 73.2 cm³/mol. The fraction of sp³-hybridized carbons (Fsp3) is 0.909. The molecule has 0 spiro atoms. The van der Waals surface area contributed by atoms with Gasteiger partial charge in [-0.2, -0.15) is 0 Å². The highest BCUT2D eigenvalue weighted by Crippen LogP contribution is 2.26. The van der Waals surface area contributed by atoms with Gasteiger partial charge in [0.05, 0.1) is 5.25 Å². The van der Waals surface area contributed by atoms with Crippen LogP contribution in [0, 0.1) is 0 Å². The Labute approximate surface area is 109 Å². The van der Waals surface area contributed by atoms with Gasteiger partial charge in [-0.15, -0.1) is 24.2 Å². The average molecular weight is 267 g/mol. The second-order valence-electron chi connectivity index (χ2n) is 4.29. The van der Waals surface area contributed by atoms with Crippen molar-refractivity contribution in [1.82, 2.24) is 5.32 Å². The first-order valence-electron chi connectivity index (χ1n) is 5.79. The van der Waals surface area contributed by atoms with E-state index in [-0.39, 0.29) is 29.1 Å². The minimum Gasteiger partial charge on any atom is -0.353 e. The van der Waals surface area contributed by atoms with Crippen molar-refractivity contribution in [2.24, 2.45) is 5.73 Å². The number of carbonyl (C=O) groups excluding carboxylic acids is 1. The van der Waals surface area contributed by atoms with E-state index in [1.54, 1.807) is 11.8 Å². The van der Waals surface area contributed by atoms with Crippen molar-refractivity contribution in [3.8, 4) is 0 Å². The summed E-state index contributed by atoms with van der Waals surface area (Å²) in [5.41, 5.74) is 5.90. The van der Waals surface area contributed by atoms with Crippen LogP contribution in [0.25, 0.3) is 0 Å². The van der Waals surface area contributed by atoms with Crippen LogP contribution in [0.1, 0.15) is 39.5 Å². The first-order valence-corrected chi connectivity index (χ1v) is 6.84. The van der Waals surface area contributed by atoms with Crippen LogP contribution < -0.4 is 11.1 Å². The Morgan fingerprint density at radius 1 is 1.50 bits per heavy atom. The molecule has 0 aromatic rings. The minimum absolute atomic E-state index is 0. The maximum atomic E-state index is 11.7. The SMILES string of the molecule is CCC(N)(CC)CNC(=O)C1CCCS1.Cl. The highest BCUT2D eigenvalue weighted by molar-refractivity contribution is 8.00. The molecule has 0 aliphatic carbocycles. The molecule has 0 aromatic carbocycles. The fourth-order valence-corrected chi connectivity index (χ4v) is 2.85. The molecule has 0 saturated carbocycles. The molecule has 16 heavy (non-hydrogen) atoms. The lowest BCUT2D eigenvalue weighted by atomic mass is 9.94. The van der Waals surface area contributed by atoms with E-state index in [0.29, 0.717) is 6.54 Å². The van der Waals surface area contributed by atoms with E-state index in [1.165, 1.54) is 0 Å². The number of rotatable bonds is 5. The summed E-state index contributed by atoms with van der Waals surface area (Å²) >= 11 is 1.76. The highest BCUT2D eigenvalue weighted by Gasteiger charge is 2.26. The Morgan fingerprint density at radius 3 is 2.56 bits per heavy atom. The normalized spacial score (nSPS) is 20.3. The molecule has 1 aliphatic heterocycles. The third kappa shape index (κ3) is 4.52. The lowest BCUT2D eigenvalue weighted by molar-refractivity contribution is -0.120. The summed E-state index contributed by atoms with van der Waals surface area (Å²) in [5.74, 6) is 1.29. The summed E-state index contributed by atoms with van der Waals surface area (Å²) in [6.07, 6.45) is 3.99. The van der Waals surface area contributed by atoms with E-state index >= 15 is 0 Å². The van der Waals surface area contributed by atoms with E-state index in [0.717, 1.165) is 31.4 Å². The van der Waals surface area contributed by atoms with Crippen LogP contribution in [-0.4, -0.2) is 29.0 Å². The number of halogens is 1. The Kier molecular flexibility index (Phi) is 7.44. The standard InChI is InChI=1S/C11H22N2OS.ClH/c1-3-11(12,4-2)8-13-10(14)9-6-5-7-15-9;/h9H,3-8,12H2,1-2H3,(H,13,14);1H. The van der Waals surface area contributed by atoms with E-state index in [4.69, 9.17) is 5.73 Å². The van der Waals surface area contributed by atoms with Crippen molar-refractivity contribution in [3.63, 3.8) is 0 Å². The summed E-state index contributed by atoms with van der Waals surface area (Å²) in [5, 5.41) is 3.15. The maximum Gasteiger partial charge on any atom is 0.233 e. The number of carbonyl (C=O) groups is 1. The van der Waals surface area contributed by atoms with Gasteiger partial charge in [0.25, 0.3) is 0 Å². The molecule has 1 unspecified atom stereocenters. The van der Waals surface area contributed by atoms with Gasteiger partial charge < -0.3 is 11.1 Å². The fourth-order valence-electron chi connectivity index (χ4n) is 1.66. The molecule has 1 rings (SSSR count). The van der Waals surface area contributed by atoms with Crippen molar-refractivity contribution < 1.29 is 4.79 Å². The van der Waals surface area contributed by atoms with Gasteiger partial charge in [0.1, 0.15) is 0 Å². The van der Waals surface area contributed by atoms with Crippen molar-refractivity contribution in [3.05, 3.63) is 0 Å². The Morgan fingerprint density at radius 2 is 2.12 bits per heavy atom. The Hall–Kier alpha value is 0.0700. The third-order valence-electron chi connectivity index (χ3n) is 3.25. The van der Waals surface area contributed by atoms with Crippen LogP contribution in [0.4, 0.5) is 0 Å². The number of nitrogens with one attached hydrogen (secondary N) is 1. The van der Waals surface area contributed by atoms with Crippen LogP contribution in [0.15, 0.2) is 0 Å². The average Bonchev–Trinajstić information content (AvgIpc) is 2.79. The van der Waals surface area contributed by atoms with Gasteiger partial charge in [-0.05, 0) is 31.4 Å². The molecule has 1 saturated heterocycles. The first-order chi connectivity index (χ1) is 7.11. The van der Waals surface area contributed by atoms with E-state index in [1.807, 2.05) is 0 Å². The summed E-state index contributed by atoms with van der Waals surface area (Å²) in [6, 6.07) is 0. The molecule has 1 amide bonds. The number of nitrogens with two attached hydrogens (primary N) is 1. The van der Waals surface area contributed by atoms with Gasteiger partial charge in [0.15, 0.2) is 0 Å². The molecule has 0 aromatic heterocycles. The number of amides is 1.